The van der Waals surface area contributed by atoms with E-state index in [1.165, 1.54) is 0 Å². The van der Waals surface area contributed by atoms with Crippen LogP contribution in [0, 0.1) is 0 Å². The van der Waals surface area contributed by atoms with Crippen LogP contribution in [-0.4, -0.2) is 26.2 Å². The van der Waals surface area contributed by atoms with Crippen molar-refractivity contribution in [1.29, 1.82) is 0 Å². The number of hydrogen-bond donors (Lipinski definition) is 1. The minimum atomic E-state index is 0.0162. The molecule has 0 spiro atoms. The Hall–Kier alpha value is -1.39. The van der Waals surface area contributed by atoms with Crippen molar-refractivity contribution in [2.75, 3.05) is 25.6 Å². The zero-order valence-electron chi connectivity index (χ0n) is 10.4. The SMILES string of the molecule is CCC(=O)Nc1cccc(COCCOC)c1. The fraction of sp³-hybridized carbons (Fsp3) is 0.462. The van der Waals surface area contributed by atoms with Gasteiger partial charge in [0.2, 0.25) is 5.91 Å². The molecule has 0 aliphatic heterocycles. The first-order chi connectivity index (χ1) is 8.26. The molecule has 0 saturated carbocycles. The molecular weight excluding hydrogens is 218 g/mol. The Balaban J connectivity index is 2.45. The molecule has 1 N–H and O–H groups in total. The number of carbonyl (C=O) groups is 1. The van der Waals surface area contributed by atoms with Gasteiger partial charge in [0.05, 0.1) is 19.8 Å². The van der Waals surface area contributed by atoms with E-state index < -0.39 is 0 Å². The molecule has 0 aromatic heterocycles. The van der Waals surface area contributed by atoms with E-state index in [1.54, 1.807) is 7.11 Å². The lowest BCUT2D eigenvalue weighted by Gasteiger charge is -2.07. The van der Waals surface area contributed by atoms with Gasteiger partial charge in [-0.1, -0.05) is 19.1 Å². The van der Waals surface area contributed by atoms with Crippen LogP contribution in [0.1, 0.15) is 18.9 Å². The molecule has 0 unspecified atom stereocenters. The lowest BCUT2D eigenvalue weighted by atomic mass is 10.2. The summed E-state index contributed by atoms with van der Waals surface area (Å²) in [7, 11) is 1.64. The monoisotopic (exact) mass is 237 g/mol. The highest BCUT2D eigenvalue weighted by Crippen LogP contribution is 2.11. The van der Waals surface area contributed by atoms with Gasteiger partial charge in [0.15, 0.2) is 0 Å². The zero-order valence-corrected chi connectivity index (χ0v) is 10.4. The molecule has 17 heavy (non-hydrogen) atoms. The van der Waals surface area contributed by atoms with Crippen molar-refractivity contribution in [2.24, 2.45) is 0 Å². The minimum Gasteiger partial charge on any atom is -0.382 e. The number of benzene rings is 1. The maximum Gasteiger partial charge on any atom is 0.224 e. The molecule has 0 aliphatic carbocycles. The van der Waals surface area contributed by atoms with Gasteiger partial charge in [-0.3, -0.25) is 4.79 Å². The number of anilines is 1. The summed E-state index contributed by atoms with van der Waals surface area (Å²) < 4.78 is 10.3. The molecule has 1 aromatic carbocycles. The molecule has 94 valence electrons. The summed E-state index contributed by atoms with van der Waals surface area (Å²) >= 11 is 0. The first-order valence-corrected chi connectivity index (χ1v) is 5.71. The summed E-state index contributed by atoms with van der Waals surface area (Å²) in [6.45, 7) is 3.51. The molecular formula is C13H19NO3. The highest BCUT2D eigenvalue weighted by atomic mass is 16.5. The third-order valence-corrected chi connectivity index (χ3v) is 2.23. The van der Waals surface area contributed by atoms with E-state index >= 15 is 0 Å². The van der Waals surface area contributed by atoms with Gasteiger partial charge in [-0.2, -0.15) is 0 Å². The van der Waals surface area contributed by atoms with Gasteiger partial charge in [-0.05, 0) is 17.7 Å². The van der Waals surface area contributed by atoms with Gasteiger partial charge in [0.25, 0.3) is 0 Å². The van der Waals surface area contributed by atoms with Crippen LogP contribution in [0.2, 0.25) is 0 Å². The Kier molecular flexibility index (Phi) is 6.29. The molecule has 0 atom stereocenters. The van der Waals surface area contributed by atoms with Crippen molar-refractivity contribution in [2.45, 2.75) is 20.0 Å². The van der Waals surface area contributed by atoms with Crippen LogP contribution in [0.4, 0.5) is 5.69 Å². The van der Waals surface area contributed by atoms with E-state index in [0.29, 0.717) is 26.2 Å². The third-order valence-electron chi connectivity index (χ3n) is 2.23. The number of methoxy groups -OCH3 is 1. The maximum absolute atomic E-state index is 11.2. The van der Waals surface area contributed by atoms with Gasteiger partial charge in [-0.25, -0.2) is 0 Å². The Morgan fingerprint density at radius 3 is 2.88 bits per heavy atom. The summed E-state index contributed by atoms with van der Waals surface area (Å²) in [6, 6.07) is 7.65. The summed E-state index contributed by atoms with van der Waals surface area (Å²) in [5.74, 6) is 0.0162. The molecule has 0 saturated heterocycles. The summed E-state index contributed by atoms with van der Waals surface area (Å²) in [5, 5.41) is 2.81. The topological polar surface area (TPSA) is 47.6 Å². The number of nitrogens with one attached hydrogen (secondary N) is 1. The molecule has 1 aromatic rings. The number of carbonyl (C=O) groups excluding carboxylic acids is 1. The average molecular weight is 237 g/mol. The van der Waals surface area contributed by atoms with Crippen LogP contribution in [0.5, 0.6) is 0 Å². The van der Waals surface area contributed by atoms with Crippen LogP contribution in [0.3, 0.4) is 0 Å². The predicted octanol–water partition coefficient (Wildman–Crippen LogP) is 2.20. The van der Waals surface area contributed by atoms with Gasteiger partial charge >= 0.3 is 0 Å². The Bertz CT molecular complexity index is 352. The second-order valence-corrected chi connectivity index (χ2v) is 3.65. The summed E-state index contributed by atoms with van der Waals surface area (Å²) in [5.41, 5.74) is 1.85. The molecule has 0 radical (unpaired) electrons. The Morgan fingerprint density at radius 2 is 2.18 bits per heavy atom. The molecule has 0 bridgehead atoms. The standard InChI is InChI=1S/C13H19NO3/c1-3-13(15)14-12-6-4-5-11(9-12)10-17-8-7-16-2/h4-6,9H,3,7-8,10H2,1-2H3,(H,14,15). The fourth-order valence-corrected chi connectivity index (χ4v) is 1.32. The minimum absolute atomic E-state index is 0.0162. The molecule has 1 amide bonds. The van der Waals surface area contributed by atoms with Gasteiger partial charge < -0.3 is 14.8 Å². The summed E-state index contributed by atoms with van der Waals surface area (Å²) in [4.78, 5) is 11.2. The Labute approximate surface area is 102 Å². The number of ether oxygens (including phenoxy) is 2. The summed E-state index contributed by atoms with van der Waals surface area (Å²) in [6.07, 6.45) is 0.481. The van der Waals surface area contributed by atoms with E-state index in [4.69, 9.17) is 9.47 Å². The quantitative estimate of drug-likeness (QED) is 0.739. The van der Waals surface area contributed by atoms with Crippen molar-refractivity contribution >= 4 is 11.6 Å². The zero-order chi connectivity index (χ0) is 12.5. The molecule has 0 fully saturated rings. The fourth-order valence-electron chi connectivity index (χ4n) is 1.32. The van der Waals surface area contributed by atoms with Crippen molar-refractivity contribution in [3.63, 3.8) is 0 Å². The normalized spacial score (nSPS) is 10.2. The second-order valence-electron chi connectivity index (χ2n) is 3.65. The highest BCUT2D eigenvalue weighted by Gasteiger charge is 2.00. The van der Waals surface area contributed by atoms with E-state index in [2.05, 4.69) is 5.32 Å². The van der Waals surface area contributed by atoms with Gasteiger partial charge in [-0.15, -0.1) is 0 Å². The van der Waals surface area contributed by atoms with E-state index in [-0.39, 0.29) is 5.91 Å². The highest BCUT2D eigenvalue weighted by molar-refractivity contribution is 5.90. The first kappa shape index (κ1) is 13.7. The number of amides is 1. The molecule has 1 rings (SSSR count). The number of hydrogen-bond acceptors (Lipinski definition) is 3. The number of rotatable bonds is 7. The average Bonchev–Trinajstić information content (AvgIpc) is 2.35. The van der Waals surface area contributed by atoms with Crippen molar-refractivity contribution in [1.82, 2.24) is 0 Å². The van der Waals surface area contributed by atoms with E-state index in [1.807, 2.05) is 31.2 Å². The molecule has 0 aliphatic rings. The van der Waals surface area contributed by atoms with Crippen LogP contribution in [-0.2, 0) is 20.9 Å². The molecule has 4 nitrogen and oxygen atoms in total. The van der Waals surface area contributed by atoms with Crippen molar-refractivity contribution in [3.8, 4) is 0 Å². The first-order valence-electron chi connectivity index (χ1n) is 5.71. The third kappa shape index (κ3) is 5.47. The van der Waals surface area contributed by atoms with Crippen molar-refractivity contribution < 1.29 is 14.3 Å². The smallest absolute Gasteiger partial charge is 0.224 e. The van der Waals surface area contributed by atoms with Gasteiger partial charge in [0.1, 0.15) is 0 Å². The van der Waals surface area contributed by atoms with Crippen LogP contribution < -0.4 is 5.32 Å². The van der Waals surface area contributed by atoms with Crippen LogP contribution >= 0.6 is 0 Å². The van der Waals surface area contributed by atoms with Crippen LogP contribution in [0.25, 0.3) is 0 Å². The lowest BCUT2D eigenvalue weighted by Crippen LogP contribution is -2.09. The van der Waals surface area contributed by atoms with E-state index in [9.17, 15) is 4.79 Å². The second kappa shape index (κ2) is 7.81. The lowest BCUT2D eigenvalue weighted by molar-refractivity contribution is -0.115. The Morgan fingerprint density at radius 1 is 1.35 bits per heavy atom. The van der Waals surface area contributed by atoms with E-state index in [0.717, 1.165) is 11.3 Å². The predicted molar refractivity (Wildman–Crippen MR) is 66.9 cm³/mol. The molecule has 4 heteroatoms. The van der Waals surface area contributed by atoms with Crippen molar-refractivity contribution in [3.05, 3.63) is 29.8 Å². The molecule has 0 heterocycles. The largest absolute Gasteiger partial charge is 0.382 e. The maximum atomic E-state index is 11.2. The van der Waals surface area contributed by atoms with Gasteiger partial charge in [0, 0.05) is 19.2 Å². The van der Waals surface area contributed by atoms with Crippen LogP contribution in [0.15, 0.2) is 24.3 Å².